The fourth-order valence-corrected chi connectivity index (χ4v) is 4.02. The smallest absolute Gasteiger partial charge is 0.280 e. The summed E-state index contributed by atoms with van der Waals surface area (Å²) in [6.07, 6.45) is 1.87. The van der Waals surface area contributed by atoms with Crippen LogP contribution in [0.2, 0.25) is 0 Å². The molecule has 4 rings (SSSR count). The molecule has 3 aromatic heterocycles. The Kier molecular flexibility index (Phi) is 5.90. The number of nitrogens with zero attached hydrogens (tertiary/aromatic N) is 4. The fraction of sp³-hybridized carbons (Fsp3) is 0.286. The van der Waals surface area contributed by atoms with Gasteiger partial charge in [0.2, 0.25) is 0 Å². The van der Waals surface area contributed by atoms with Crippen LogP contribution in [0.15, 0.2) is 39.6 Å². The molecule has 0 saturated heterocycles. The van der Waals surface area contributed by atoms with Crippen LogP contribution in [0.25, 0.3) is 11.6 Å². The lowest BCUT2D eigenvalue weighted by atomic mass is 10.1. The fourth-order valence-electron chi connectivity index (χ4n) is 3.00. The largest absolute Gasteiger partial charge is 0.447 e. The van der Waals surface area contributed by atoms with Crippen LogP contribution in [0.4, 0.5) is 4.39 Å². The van der Waals surface area contributed by atoms with E-state index in [-0.39, 0.29) is 30.1 Å². The molecule has 0 fully saturated rings. The van der Waals surface area contributed by atoms with Gasteiger partial charge in [-0.1, -0.05) is 31.1 Å². The highest BCUT2D eigenvalue weighted by Gasteiger charge is 2.21. The van der Waals surface area contributed by atoms with Crippen molar-refractivity contribution in [2.45, 2.75) is 39.7 Å². The zero-order valence-electron chi connectivity index (χ0n) is 17.2. The average molecular weight is 441 g/mol. The average Bonchev–Trinajstić information content (AvgIpc) is 3.47. The second-order valence-electron chi connectivity index (χ2n) is 7.24. The van der Waals surface area contributed by atoms with Gasteiger partial charge in [0, 0.05) is 12.3 Å². The Hall–Kier alpha value is -3.40. The molecule has 0 saturated carbocycles. The standard InChI is InChI=1S/C21H20FN5O3S/c1-11(2)18-17(24-10-29-18)21-26-15(27-30-21)9-23-20(28)19-12(3)25-16(31-19)8-13-4-6-14(22)7-5-13/h4-7,10-11H,8-9H2,1-3H3,(H,23,28). The van der Waals surface area contributed by atoms with Gasteiger partial charge in [-0.05, 0) is 24.6 Å². The molecule has 160 valence electrons. The number of thiazole rings is 1. The number of aryl methyl sites for hydroxylation is 1. The van der Waals surface area contributed by atoms with Gasteiger partial charge in [0.25, 0.3) is 11.8 Å². The second kappa shape index (κ2) is 8.76. The molecular formula is C21H20FN5O3S. The van der Waals surface area contributed by atoms with E-state index in [0.717, 1.165) is 10.6 Å². The van der Waals surface area contributed by atoms with Gasteiger partial charge < -0.3 is 14.3 Å². The van der Waals surface area contributed by atoms with E-state index >= 15 is 0 Å². The van der Waals surface area contributed by atoms with Crippen LogP contribution in [0.1, 0.15) is 57.3 Å². The first-order chi connectivity index (χ1) is 14.9. The number of amides is 1. The first kappa shape index (κ1) is 20.9. The first-order valence-corrected chi connectivity index (χ1v) is 10.5. The van der Waals surface area contributed by atoms with Crippen molar-refractivity contribution in [1.82, 2.24) is 25.4 Å². The third-order valence-electron chi connectivity index (χ3n) is 4.51. The lowest BCUT2D eigenvalue weighted by molar-refractivity contribution is 0.0953. The predicted octanol–water partition coefficient (Wildman–Crippen LogP) is 4.27. The number of aromatic nitrogens is 4. The van der Waals surface area contributed by atoms with E-state index in [4.69, 9.17) is 8.94 Å². The van der Waals surface area contributed by atoms with E-state index < -0.39 is 0 Å². The minimum Gasteiger partial charge on any atom is -0.447 e. The third-order valence-corrected chi connectivity index (χ3v) is 5.67. The summed E-state index contributed by atoms with van der Waals surface area (Å²) in [4.78, 5) is 26.0. The number of hydrogen-bond donors (Lipinski definition) is 1. The van der Waals surface area contributed by atoms with Gasteiger partial charge >= 0.3 is 0 Å². The van der Waals surface area contributed by atoms with Gasteiger partial charge in [0.05, 0.1) is 17.2 Å². The topological polar surface area (TPSA) is 107 Å². The van der Waals surface area contributed by atoms with Gasteiger partial charge in [0.15, 0.2) is 17.9 Å². The number of rotatable bonds is 7. The molecule has 1 aromatic carbocycles. The Morgan fingerprint density at radius 3 is 2.74 bits per heavy atom. The minimum atomic E-state index is -0.284. The molecule has 0 aliphatic rings. The maximum Gasteiger partial charge on any atom is 0.280 e. The highest BCUT2D eigenvalue weighted by molar-refractivity contribution is 7.13. The molecule has 1 amide bonds. The number of carbonyl (C=O) groups excluding carboxylic acids is 1. The Balaban J connectivity index is 1.40. The van der Waals surface area contributed by atoms with Gasteiger partial charge in [-0.2, -0.15) is 4.98 Å². The van der Waals surface area contributed by atoms with Crippen molar-refractivity contribution in [2.75, 3.05) is 0 Å². The van der Waals surface area contributed by atoms with E-state index in [1.54, 1.807) is 19.1 Å². The van der Waals surface area contributed by atoms with Gasteiger partial charge in [-0.15, -0.1) is 11.3 Å². The SMILES string of the molecule is Cc1nc(Cc2ccc(F)cc2)sc1C(=O)NCc1noc(-c2ncoc2C(C)C)n1. The molecule has 4 aromatic rings. The molecule has 1 N–H and O–H groups in total. The number of carbonyl (C=O) groups is 1. The normalized spacial score (nSPS) is 11.3. The first-order valence-electron chi connectivity index (χ1n) is 9.66. The molecular weight excluding hydrogens is 421 g/mol. The molecule has 0 unspecified atom stereocenters. The van der Waals surface area contributed by atoms with Gasteiger partial charge in [0.1, 0.15) is 16.5 Å². The van der Waals surface area contributed by atoms with E-state index in [9.17, 15) is 9.18 Å². The van der Waals surface area contributed by atoms with Crippen molar-refractivity contribution in [1.29, 1.82) is 0 Å². The summed E-state index contributed by atoms with van der Waals surface area (Å²) in [5.41, 5.74) is 2.07. The van der Waals surface area contributed by atoms with E-state index in [1.807, 2.05) is 13.8 Å². The van der Waals surface area contributed by atoms with Crippen LogP contribution in [0.5, 0.6) is 0 Å². The van der Waals surface area contributed by atoms with Crippen molar-refractivity contribution in [3.63, 3.8) is 0 Å². The molecule has 0 aliphatic heterocycles. The van der Waals surface area contributed by atoms with E-state index in [1.165, 1.54) is 29.9 Å². The minimum absolute atomic E-state index is 0.0990. The Bertz CT molecular complexity index is 1200. The second-order valence-corrected chi connectivity index (χ2v) is 8.33. The molecule has 3 heterocycles. The van der Waals surface area contributed by atoms with Crippen LogP contribution in [-0.2, 0) is 13.0 Å². The summed E-state index contributed by atoms with van der Waals surface area (Å²) in [7, 11) is 0. The Morgan fingerprint density at radius 1 is 1.23 bits per heavy atom. The number of hydrogen-bond acceptors (Lipinski definition) is 8. The molecule has 31 heavy (non-hydrogen) atoms. The lowest BCUT2D eigenvalue weighted by Gasteiger charge is -2.00. The van der Waals surface area contributed by atoms with Gasteiger partial charge in [-0.3, -0.25) is 4.79 Å². The van der Waals surface area contributed by atoms with Crippen LogP contribution in [-0.4, -0.2) is 26.0 Å². The van der Waals surface area contributed by atoms with Crippen LogP contribution < -0.4 is 5.32 Å². The highest BCUT2D eigenvalue weighted by atomic mass is 32.1. The third kappa shape index (κ3) is 4.69. The highest BCUT2D eigenvalue weighted by Crippen LogP contribution is 2.26. The number of halogens is 1. The van der Waals surface area contributed by atoms with Crippen molar-refractivity contribution < 1.29 is 18.1 Å². The quantitative estimate of drug-likeness (QED) is 0.456. The summed E-state index contributed by atoms with van der Waals surface area (Å²) in [6.45, 7) is 5.83. The maximum absolute atomic E-state index is 13.1. The molecule has 0 spiro atoms. The summed E-state index contributed by atoms with van der Waals surface area (Å²) >= 11 is 1.31. The Morgan fingerprint density at radius 2 is 2.00 bits per heavy atom. The number of nitrogens with one attached hydrogen (secondary N) is 1. The number of oxazole rings is 1. The van der Waals surface area contributed by atoms with Crippen molar-refractivity contribution in [3.05, 3.63) is 69.2 Å². The Labute approximate surface area is 181 Å². The summed E-state index contributed by atoms with van der Waals surface area (Å²) in [6, 6.07) is 6.23. The van der Waals surface area contributed by atoms with Crippen molar-refractivity contribution in [2.24, 2.45) is 0 Å². The summed E-state index contributed by atoms with van der Waals surface area (Å²) in [5.74, 6) is 0.801. The van der Waals surface area contributed by atoms with E-state index in [2.05, 4.69) is 25.4 Å². The zero-order chi connectivity index (χ0) is 22.0. The van der Waals surface area contributed by atoms with E-state index in [0.29, 0.717) is 34.3 Å². The molecule has 0 radical (unpaired) electrons. The van der Waals surface area contributed by atoms with Crippen molar-refractivity contribution in [3.8, 4) is 11.6 Å². The molecule has 0 aliphatic carbocycles. The lowest BCUT2D eigenvalue weighted by Crippen LogP contribution is -2.23. The predicted molar refractivity (Wildman–Crippen MR) is 111 cm³/mol. The molecule has 10 heteroatoms. The monoisotopic (exact) mass is 441 g/mol. The molecule has 0 bridgehead atoms. The zero-order valence-corrected chi connectivity index (χ0v) is 18.0. The van der Waals surface area contributed by atoms with Crippen LogP contribution in [0, 0.1) is 12.7 Å². The van der Waals surface area contributed by atoms with Crippen molar-refractivity contribution >= 4 is 17.2 Å². The van der Waals surface area contributed by atoms with Crippen LogP contribution >= 0.6 is 11.3 Å². The summed E-state index contributed by atoms with van der Waals surface area (Å²) in [5, 5.41) is 7.47. The summed E-state index contributed by atoms with van der Waals surface area (Å²) < 4.78 is 23.7. The maximum atomic E-state index is 13.1. The molecule has 0 atom stereocenters. The van der Waals surface area contributed by atoms with Gasteiger partial charge in [-0.25, -0.2) is 14.4 Å². The van der Waals surface area contributed by atoms with Crippen LogP contribution in [0.3, 0.4) is 0 Å². The number of benzene rings is 1. The molecule has 8 nitrogen and oxygen atoms in total.